The number of nitrogens with zero attached hydrogens (tertiary/aromatic N) is 2. The summed E-state index contributed by atoms with van der Waals surface area (Å²) in [7, 11) is 3.04. The van der Waals surface area contributed by atoms with Crippen molar-refractivity contribution in [1.29, 1.82) is 0 Å². The van der Waals surface area contributed by atoms with Gasteiger partial charge in [0.15, 0.2) is 0 Å². The molecule has 1 fully saturated rings. The van der Waals surface area contributed by atoms with Gasteiger partial charge in [0.25, 0.3) is 0 Å². The predicted molar refractivity (Wildman–Crippen MR) is 98.6 cm³/mol. The average molecular weight is 399 g/mol. The largest absolute Gasteiger partial charge is 0.496 e. The summed E-state index contributed by atoms with van der Waals surface area (Å²) in [5.74, 6) is 0.246. The molecule has 6 nitrogen and oxygen atoms in total. The van der Waals surface area contributed by atoms with Crippen LogP contribution in [0.5, 0.6) is 5.75 Å². The van der Waals surface area contributed by atoms with Gasteiger partial charge in [0.05, 0.1) is 17.2 Å². The second kappa shape index (κ2) is 7.86. The number of carbonyl (C=O) groups excluding carboxylic acids is 2. The van der Waals surface area contributed by atoms with E-state index in [1.54, 1.807) is 24.1 Å². The Morgan fingerprint density at radius 2 is 2.08 bits per heavy atom. The third-order valence-corrected chi connectivity index (χ3v) is 5.51. The quantitative estimate of drug-likeness (QED) is 0.781. The van der Waals surface area contributed by atoms with Crippen LogP contribution >= 0.6 is 23.2 Å². The first-order valence-corrected chi connectivity index (χ1v) is 9.01. The van der Waals surface area contributed by atoms with Gasteiger partial charge in [0, 0.05) is 43.8 Å². The lowest BCUT2D eigenvalue weighted by Crippen LogP contribution is -2.40. The molecule has 0 aliphatic carbocycles. The Hall–Kier alpha value is -1.76. The van der Waals surface area contributed by atoms with Crippen LogP contribution < -0.4 is 4.74 Å². The molecular formula is C18H20Cl2N2O4. The minimum atomic E-state index is -0.182. The van der Waals surface area contributed by atoms with Crippen LogP contribution in [0, 0.1) is 0 Å². The maximum absolute atomic E-state index is 12.7. The van der Waals surface area contributed by atoms with Crippen LogP contribution in [0.3, 0.4) is 0 Å². The van der Waals surface area contributed by atoms with E-state index in [2.05, 4.69) is 0 Å². The second-order valence-electron chi connectivity index (χ2n) is 6.24. The van der Waals surface area contributed by atoms with Crippen molar-refractivity contribution in [3.8, 4) is 5.75 Å². The highest BCUT2D eigenvalue weighted by Crippen LogP contribution is 2.42. The van der Waals surface area contributed by atoms with Gasteiger partial charge in [-0.05, 0) is 12.1 Å². The Morgan fingerprint density at radius 1 is 1.31 bits per heavy atom. The molecule has 1 aromatic rings. The van der Waals surface area contributed by atoms with Crippen LogP contribution in [-0.2, 0) is 14.3 Å². The molecule has 0 N–H and O–H groups in total. The minimum Gasteiger partial charge on any atom is -0.496 e. The molecule has 1 atom stereocenters. The van der Waals surface area contributed by atoms with Gasteiger partial charge in [-0.3, -0.25) is 9.59 Å². The fraction of sp³-hybridized carbons (Fsp3) is 0.444. The number of ether oxygens (including phenoxy) is 2. The topological polar surface area (TPSA) is 59.1 Å². The summed E-state index contributed by atoms with van der Waals surface area (Å²) < 4.78 is 10.3. The molecule has 0 unspecified atom stereocenters. The summed E-state index contributed by atoms with van der Waals surface area (Å²) in [6.07, 6.45) is 2.61. The molecule has 0 bridgehead atoms. The van der Waals surface area contributed by atoms with Crippen molar-refractivity contribution in [3.63, 3.8) is 0 Å². The lowest BCUT2D eigenvalue weighted by molar-refractivity contribution is -0.140. The monoisotopic (exact) mass is 398 g/mol. The number of hydrogen-bond donors (Lipinski definition) is 0. The molecule has 0 aromatic heterocycles. The molecule has 8 heteroatoms. The Balaban J connectivity index is 1.86. The highest BCUT2D eigenvalue weighted by atomic mass is 35.5. The Bertz CT molecular complexity index is 766. The zero-order chi connectivity index (χ0) is 18.8. The Morgan fingerprint density at radius 3 is 2.77 bits per heavy atom. The molecule has 1 saturated heterocycles. The van der Waals surface area contributed by atoms with E-state index in [1.165, 1.54) is 12.0 Å². The predicted octanol–water partition coefficient (Wildman–Crippen LogP) is 2.69. The van der Waals surface area contributed by atoms with E-state index in [0.717, 1.165) is 11.3 Å². The summed E-state index contributed by atoms with van der Waals surface area (Å²) in [5, 5.41) is 0.889. The highest BCUT2D eigenvalue weighted by Gasteiger charge is 2.35. The van der Waals surface area contributed by atoms with E-state index in [0.29, 0.717) is 35.3 Å². The van der Waals surface area contributed by atoms with Crippen LogP contribution in [0.25, 0.3) is 0 Å². The normalized spacial score (nSPS) is 19.9. The highest BCUT2D eigenvalue weighted by molar-refractivity contribution is 6.42. The standard InChI is InChI=1S/C18H20Cl2N2O4/c1-25-10-16(24)21-6-5-12-7-11(8-22(12)15(23)9-21)17-14(26-2)4-3-13(19)18(17)20/h3-4,7,11H,5-6,8-10H2,1-2H3/t11-/m0/s1. The molecule has 0 saturated carbocycles. The van der Waals surface area contributed by atoms with Crippen LogP contribution in [0.2, 0.25) is 10.0 Å². The lowest BCUT2D eigenvalue weighted by Gasteiger charge is -2.22. The third-order valence-electron chi connectivity index (χ3n) is 4.69. The van der Waals surface area contributed by atoms with Crippen molar-refractivity contribution in [2.45, 2.75) is 12.3 Å². The number of carbonyl (C=O) groups is 2. The molecule has 2 aliphatic heterocycles. The van der Waals surface area contributed by atoms with E-state index in [-0.39, 0.29) is 30.9 Å². The molecule has 0 spiro atoms. The van der Waals surface area contributed by atoms with Crippen molar-refractivity contribution >= 4 is 35.0 Å². The van der Waals surface area contributed by atoms with E-state index < -0.39 is 0 Å². The fourth-order valence-electron chi connectivity index (χ4n) is 3.42. The average Bonchev–Trinajstić information content (AvgIpc) is 2.98. The Kier molecular flexibility index (Phi) is 5.75. The van der Waals surface area contributed by atoms with Gasteiger partial charge in [0.1, 0.15) is 18.9 Å². The first kappa shape index (κ1) is 19.0. The fourth-order valence-corrected chi connectivity index (χ4v) is 3.88. The maximum atomic E-state index is 12.7. The summed E-state index contributed by atoms with van der Waals surface area (Å²) in [4.78, 5) is 27.9. The van der Waals surface area contributed by atoms with Gasteiger partial charge < -0.3 is 19.3 Å². The zero-order valence-electron chi connectivity index (χ0n) is 14.6. The molecule has 2 amide bonds. The minimum absolute atomic E-state index is 0.0235. The molecular weight excluding hydrogens is 379 g/mol. The SMILES string of the molecule is COCC(=O)N1CCC2=C[C@H](c3c(OC)ccc(Cl)c3Cl)CN2C(=O)C1. The summed E-state index contributed by atoms with van der Waals surface area (Å²) in [6.45, 7) is 0.956. The van der Waals surface area contributed by atoms with Crippen LogP contribution in [-0.4, -0.2) is 62.1 Å². The smallest absolute Gasteiger partial charge is 0.249 e. The molecule has 26 heavy (non-hydrogen) atoms. The maximum Gasteiger partial charge on any atom is 0.249 e. The number of hydrogen-bond acceptors (Lipinski definition) is 4. The van der Waals surface area contributed by atoms with E-state index in [4.69, 9.17) is 32.7 Å². The molecule has 3 rings (SSSR count). The van der Waals surface area contributed by atoms with Gasteiger partial charge in [-0.2, -0.15) is 0 Å². The van der Waals surface area contributed by atoms with Gasteiger partial charge in [-0.15, -0.1) is 0 Å². The van der Waals surface area contributed by atoms with Gasteiger partial charge in [-0.1, -0.05) is 29.3 Å². The third kappa shape index (κ3) is 3.54. The molecule has 140 valence electrons. The first-order valence-electron chi connectivity index (χ1n) is 8.26. The van der Waals surface area contributed by atoms with Crippen LogP contribution in [0.4, 0.5) is 0 Å². The van der Waals surface area contributed by atoms with E-state index in [9.17, 15) is 9.59 Å². The number of fused-ring (bicyclic) bond motifs is 1. The number of rotatable bonds is 4. The van der Waals surface area contributed by atoms with Crippen molar-refractivity contribution in [2.24, 2.45) is 0 Å². The van der Waals surface area contributed by atoms with E-state index in [1.807, 2.05) is 6.08 Å². The molecule has 2 aliphatic rings. The molecule has 1 aromatic carbocycles. The van der Waals surface area contributed by atoms with Crippen molar-refractivity contribution < 1.29 is 19.1 Å². The van der Waals surface area contributed by atoms with Crippen molar-refractivity contribution in [2.75, 3.05) is 40.5 Å². The van der Waals surface area contributed by atoms with Gasteiger partial charge in [-0.25, -0.2) is 0 Å². The second-order valence-corrected chi connectivity index (χ2v) is 7.03. The van der Waals surface area contributed by atoms with Crippen molar-refractivity contribution in [3.05, 3.63) is 39.5 Å². The van der Waals surface area contributed by atoms with E-state index >= 15 is 0 Å². The summed E-state index contributed by atoms with van der Waals surface area (Å²) in [6, 6.07) is 3.47. The van der Waals surface area contributed by atoms with Gasteiger partial charge >= 0.3 is 0 Å². The number of benzene rings is 1. The number of methoxy groups -OCH3 is 2. The van der Waals surface area contributed by atoms with Crippen molar-refractivity contribution in [1.82, 2.24) is 9.80 Å². The number of amides is 2. The lowest BCUT2D eigenvalue weighted by atomic mass is 9.98. The zero-order valence-corrected chi connectivity index (χ0v) is 16.1. The molecule has 2 heterocycles. The van der Waals surface area contributed by atoms with Crippen LogP contribution in [0.1, 0.15) is 17.9 Å². The summed E-state index contributed by atoms with van der Waals surface area (Å²) >= 11 is 12.6. The summed E-state index contributed by atoms with van der Waals surface area (Å²) in [5.41, 5.74) is 1.67. The number of halogens is 2. The first-order chi connectivity index (χ1) is 12.5. The van der Waals surface area contributed by atoms with Crippen LogP contribution in [0.15, 0.2) is 23.9 Å². The molecule has 0 radical (unpaired) electrons. The Labute approximate surface area is 162 Å². The van der Waals surface area contributed by atoms with Gasteiger partial charge in [0.2, 0.25) is 11.8 Å².